The maximum Gasteiger partial charge on any atom is 0.229 e. The minimum Gasteiger partial charge on any atom is -0.294 e. The van der Waals surface area contributed by atoms with Gasteiger partial charge in [-0.05, 0) is 30.3 Å². The molecule has 0 amide bonds. The van der Waals surface area contributed by atoms with Gasteiger partial charge in [0.2, 0.25) is 10.0 Å². The fourth-order valence-corrected chi connectivity index (χ4v) is 3.53. The maximum absolute atomic E-state index is 13.9. The molecule has 0 aromatic heterocycles. The molecule has 2 aromatic carbocycles. The molecule has 2 rings (SSSR count). The largest absolute Gasteiger partial charge is 0.294 e. The summed E-state index contributed by atoms with van der Waals surface area (Å²) < 4.78 is 52.2. The standard InChI is InChI=1S/C16H15F2NO3S2/c1-3-14(20)10-4-6-13(19-24(2,21)22)16(8-10)23-15-7-5-11(17)9-12(15)18/h4-9,19H,3H2,1-2H3. The highest BCUT2D eigenvalue weighted by atomic mass is 32.2. The molecule has 0 saturated carbocycles. The Balaban J connectivity index is 2.48. The summed E-state index contributed by atoms with van der Waals surface area (Å²) in [7, 11) is -3.55. The zero-order valence-corrected chi connectivity index (χ0v) is 14.6. The first-order valence-electron chi connectivity index (χ1n) is 6.97. The molecule has 24 heavy (non-hydrogen) atoms. The van der Waals surface area contributed by atoms with E-state index in [2.05, 4.69) is 4.72 Å². The number of hydrogen-bond acceptors (Lipinski definition) is 4. The summed E-state index contributed by atoms with van der Waals surface area (Å²) >= 11 is 0.911. The van der Waals surface area contributed by atoms with Gasteiger partial charge in [-0.15, -0.1) is 0 Å². The number of rotatable bonds is 6. The third-order valence-electron chi connectivity index (χ3n) is 3.03. The smallest absolute Gasteiger partial charge is 0.229 e. The van der Waals surface area contributed by atoms with Gasteiger partial charge in [0.15, 0.2) is 5.78 Å². The van der Waals surface area contributed by atoms with E-state index in [1.807, 2.05) is 0 Å². The summed E-state index contributed by atoms with van der Waals surface area (Å²) in [4.78, 5) is 12.3. The lowest BCUT2D eigenvalue weighted by molar-refractivity contribution is 0.0988. The first kappa shape index (κ1) is 18.4. The molecular formula is C16H15F2NO3S2. The molecule has 0 aliphatic heterocycles. The highest BCUT2D eigenvalue weighted by molar-refractivity contribution is 7.99. The topological polar surface area (TPSA) is 63.2 Å². The molecule has 0 unspecified atom stereocenters. The van der Waals surface area contributed by atoms with Crippen LogP contribution in [0.5, 0.6) is 0 Å². The van der Waals surface area contributed by atoms with E-state index in [1.54, 1.807) is 6.92 Å². The van der Waals surface area contributed by atoms with Crippen molar-refractivity contribution in [3.63, 3.8) is 0 Å². The number of halogens is 2. The van der Waals surface area contributed by atoms with Crippen LogP contribution in [0.15, 0.2) is 46.2 Å². The second-order valence-electron chi connectivity index (χ2n) is 5.04. The molecule has 0 spiro atoms. The fourth-order valence-electron chi connectivity index (χ4n) is 1.94. The zero-order chi connectivity index (χ0) is 17.9. The van der Waals surface area contributed by atoms with E-state index in [-0.39, 0.29) is 22.8 Å². The predicted octanol–water partition coefficient (Wildman–Crippen LogP) is 4.08. The highest BCUT2D eigenvalue weighted by Crippen LogP contribution is 2.36. The van der Waals surface area contributed by atoms with Crippen LogP contribution in [-0.4, -0.2) is 20.5 Å². The van der Waals surface area contributed by atoms with Crippen molar-refractivity contribution in [2.75, 3.05) is 11.0 Å². The van der Waals surface area contributed by atoms with Crippen LogP contribution in [-0.2, 0) is 10.0 Å². The normalized spacial score (nSPS) is 11.3. The molecule has 8 heteroatoms. The molecule has 4 nitrogen and oxygen atoms in total. The van der Waals surface area contributed by atoms with Crippen molar-refractivity contribution in [2.24, 2.45) is 0 Å². The van der Waals surface area contributed by atoms with Crippen LogP contribution in [0.2, 0.25) is 0 Å². The summed E-state index contributed by atoms with van der Waals surface area (Å²) in [6.45, 7) is 1.71. The van der Waals surface area contributed by atoms with Gasteiger partial charge in [0, 0.05) is 27.8 Å². The van der Waals surface area contributed by atoms with Crippen LogP contribution < -0.4 is 4.72 Å². The number of Topliss-reactive ketones (excluding diaryl/α,β-unsaturated/α-hetero) is 1. The number of sulfonamides is 1. The van der Waals surface area contributed by atoms with Crippen LogP contribution in [0, 0.1) is 11.6 Å². The van der Waals surface area contributed by atoms with Gasteiger partial charge in [0.05, 0.1) is 11.9 Å². The van der Waals surface area contributed by atoms with Gasteiger partial charge >= 0.3 is 0 Å². The average molecular weight is 371 g/mol. The van der Waals surface area contributed by atoms with Gasteiger partial charge in [-0.1, -0.05) is 18.7 Å². The molecule has 0 saturated heterocycles. The Morgan fingerprint density at radius 2 is 1.83 bits per heavy atom. The van der Waals surface area contributed by atoms with Crippen molar-refractivity contribution in [3.05, 3.63) is 53.6 Å². The summed E-state index contributed by atoms with van der Waals surface area (Å²) in [5, 5.41) is 0. The van der Waals surface area contributed by atoms with E-state index in [0.717, 1.165) is 30.2 Å². The number of hydrogen-bond donors (Lipinski definition) is 1. The Kier molecular flexibility index (Phi) is 5.61. The van der Waals surface area contributed by atoms with Crippen LogP contribution >= 0.6 is 11.8 Å². The number of anilines is 1. The lowest BCUT2D eigenvalue weighted by atomic mass is 10.1. The summed E-state index contributed by atoms with van der Waals surface area (Å²) in [5.41, 5.74) is 0.612. The van der Waals surface area contributed by atoms with Gasteiger partial charge in [-0.2, -0.15) is 0 Å². The minimum absolute atomic E-state index is 0.119. The summed E-state index contributed by atoms with van der Waals surface area (Å²) in [5.74, 6) is -1.60. The van der Waals surface area contributed by atoms with Gasteiger partial charge < -0.3 is 0 Å². The summed E-state index contributed by atoms with van der Waals surface area (Å²) in [6.07, 6.45) is 1.28. The Morgan fingerprint density at radius 3 is 2.42 bits per heavy atom. The van der Waals surface area contributed by atoms with Gasteiger partial charge in [0.1, 0.15) is 11.6 Å². The third-order valence-corrected chi connectivity index (χ3v) is 4.73. The lowest BCUT2D eigenvalue weighted by Gasteiger charge is -2.12. The molecular weight excluding hydrogens is 356 g/mol. The van der Waals surface area contributed by atoms with Crippen molar-refractivity contribution in [3.8, 4) is 0 Å². The Labute approximate surface area is 143 Å². The quantitative estimate of drug-likeness (QED) is 0.777. The molecule has 0 fully saturated rings. The second-order valence-corrected chi connectivity index (χ2v) is 7.87. The minimum atomic E-state index is -3.55. The van der Waals surface area contributed by atoms with Crippen LogP contribution in [0.4, 0.5) is 14.5 Å². The number of ketones is 1. The predicted molar refractivity (Wildman–Crippen MR) is 90.0 cm³/mol. The van der Waals surface area contributed by atoms with Crippen molar-refractivity contribution in [1.82, 2.24) is 0 Å². The van der Waals surface area contributed by atoms with Gasteiger partial charge in [-0.3, -0.25) is 9.52 Å². The molecule has 0 aliphatic rings. The van der Waals surface area contributed by atoms with E-state index in [9.17, 15) is 22.0 Å². The zero-order valence-electron chi connectivity index (χ0n) is 13.0. The van der Waals surface area contributed by atoms with Crippen molar-refractivity contribution in [1.29, 1.82) is 0 Å². The number of nitrogens with one attached hydrogen (secondary N) is 1. The molecule has 0 atom stereocenters. The third kappa shape index (κ3) is 4.78. The van der Waals surface area contributed by atoms with Gasteiger partial charge in [-0.25, -0.2) is 17.2 Å². The van der Waals surface area contributed by atoms with E-state index in [1.165, 1.54) is 24.3 Å². The first-order valence-corrected chi connectivity index (χ1v) is 9.68. The molecule has 0 aliphatic carbocycles. The molecule has 1 N–H and O–H groups in total. The monoisotopic (exact) mass is 371 g/mol. The van der Waals surface area contributed by atoms with Crippen LogP contribution in [0.25, 0.3) is 0 Å². The Morgan fingerprint density at radius 1 is 1.12 bits per heavy atom. The number of carbonyl (C=O) groups excluding carboxylic acids is 1. The van der Waals surface area contributed by atoms with Crippen LogP contribution in [0.3, 0.4) is 0 Å². The molecule has 2 aromatic rings. The van der Waals surface area contributed by atoms with E-state index >= 15 is 0 Å². The first-order chi connectivity index (χ1) is 11.2. The van der Waals surface area contributed by atoms with Crippen molar-refractivity contribution in [2.45, 2.75) is 23.1 Å². The van der Waals surface area contributed by atoms with E-state index < -0.39 is 21.7 Å². The number of benzene rings is 2. The van der Waals surface area contributed by atoms with E-state index in [0.29, 0.717) is 10.5 Å². The molecule has 0 bridgehead atoms. The molecule has 0 heterocycles. The van der Waals surface area contributed by atoms with E-state index in [4.69, 9.17) is 0 Å². The average Bonchev–Trinajstić information content (AvgIpc) is 2.49. The Bertz CT molecular complexity index is 883. The second kappa shape index (κ2) is 7.31. The molecule has 128 valence electrons. The van der Waals surface area contributed by atoms with Crippen LogP contribution in [0.1, 0.15) is 23.7 Å². The number of carbonyl (C=O) groups is 1. The van der Waals surface area contributed by atoms with Gasteiger partial charge in [0.25, 0.3) is 0 Å². The summed E-state index contributed by atoms with van der Waals surface area (Å²) in [6, 6.07) is 7.56. The lowest BCUT2D eigenvalue weighted by Crippen LogP contribution is -2.11. The van der Waals surface area contributed by atoms with Crippen molar-refractivity contribution < 1.29 is 22.0 Å². The maximum atomic E-state index is 13.9. The van der Waals surface area contributed by atoms with Crippen molar-refractivity contribution >= 4 is 33.3 Å². The Hall–Kier alpha value is -1.93. The fraction of sp³-hybridized carbons (Fsp3) is 0.188. The SMILES string of the molecule is CCC(=O)c1ccc(NS(C)(=O)=O)c(Sc2ccc(F)cc2F)c1. The highest BCUT2D eigenvalue weighted by Gasteiger charge is 2.14. The molecule has 0 radical (unpaired) electrons.